The zero-order valence-corrected chi connectivity index (χ0v) is 11.6. The van der Waals surface area contributed by atoms with Crippen LogP contribution in [0.15, 0.2) is 24.3 Å². The van der Waals surface area contributed by atoms with E-state index in [0.29, 0.717) is 24.5 Å². The molecule has 2 rings (SSSR count). The summed E-state index contributed by atoms with van der Waals surface area (Å²) in [6.07, 6.45) is 0.221. The molecule has 4 nitrogen and oxygen atoms in total. The molecule has 0 radical (unpaired) electrons. The van der Waals surface area contributed by atoms with Crippen LogP contribution in [0.4, 0.5) is 4.79 Å². The molecular weight excluding hydrogens is 266 g/mol. The highest BCUT2D eigenvalue weighted by molar-refractivity contribution is 6.30. The van der Waals surface area contributed by atoms with Crippen molar-refractivity contribution >= 4 is 17.7 Å². The molecule has 1 saturated heterocycles. The Morgan fingerprint density at radius 2 is 2.11 bits per heavy atom. The van der Waals surface area contributed by atoms with Gasteiger partial charge in [-0.15, -0.1) is 0 Å². The van der Waals surface area contributed by atoms with Gasteiger partial charge in [0.15, 0.2) is 0 Å². The van der Waals surface area contributed by atoms with Gasteiger partial charge in [-0.2, -0.15) is 0 Å². The minimum atomic E-state index is -0.967. The second-order valence-electron chi connectivity index (χ2n) is 5.01. The first-order valence-corrected chi connectivity index (χ1v) is 6.81. The standard InChI is InChI=1S/C14H18ClNO3/c1-2-10-9-16(13(17)18)8-7-14(10,19)11-3-5-12(15)6-4-11/h3-6,10,19H,2,7-9H2,1H3,(H,17,18). The number of aliphatic hydroxyl groups is 1. The van der Waals surface area contributed by atoms with Gasteiger partial charge in [-0.3, -0.25) is 0 Å². The Hall–Kier alpha value is -1.26. The predicted octanol–water partition coefficient (Wildman–Crippen LogP) is 2.94. The first kappa shape index (κ1) is 14.2. The number of piperidine rings is 1. The Kier molecular flexibility index (Phi) is 4.02. The van der Waals surface area contributed by atoms with E-state index in [4.69, 9.17) is 16.7 Å². The number of carbonyl (C=O) groups is 1. The molecule has 0 aromatic heterocycles. The second kappa shape index (κ2) is 5.39. The summed E-state index contributed by atoms with van der Waals surface area (Å²) in [5, 5.41) is 20.6. The topological polar surface area (TPSA) is 60.8 Å². The van der Waals surface area contributed by atoms with Gasteiger partial charge in [0.1, 0.15) is 0 Å². The summed E-state index contributed by atoms with van der Waals surface area (Å²) < 4.78 is 0. The molecule has 0 bridgehead atoms. The van der Waals surface area contributed by atoms with Crippen LogP contribution in [0, 0.1) is 5.92 Å². The van der Waals surface area contributed by atoms with Crippen LogP contribution < -0.4 is 0 Å². The number of benzene rings is 1. The van der Waals surface area contributed by atoms with Crippen molar-refractivity contribution in [3.8, 4) is 0 Å². The van der Waals surface area contributed by atoms with E-state index >= 15 is 0 Å². The fraction of sp³-hybridized carbons (Fsp3) is 0.500. The van der Waals surface area contributed by atoms with E-state index in [9.17, 15) is 9.90 Å². The third-order valence-electron chi connectivity index (χ3n) is 3.99. The van der Waals surface area contributed by atoms with E-state index in [1.807, 2.05) is 19.1 Å². The highest BCUT2D eigenvalue weighted by atomic mass is 35.5. The minimum Gasteiger partial charge on any atom is -0.465 e. The average molecular weight is 284 g/mol. The summed E-state index contributed by atoms with van der Waals surface area (Å²) in [4.78, 5) is 12.4. The summed E-state index contributed by atoms with van der Waals surface area (Å²) in [5.41, 5.74) is -0.153. The summed E-state index contributed by atoms with van der Waals surface area (Å²) in [7, 11) is 0. The van der Waals surface area contributed by atoms with E-state index in [0.717, 1.165) is 12.0 Å². The predicted molar refractivity (Wildman–Crippen MR) is 73.3 cm³/mol. The van der Waals surface area contributed by atoms with Crippen LogP contribution in [0.5, 0.6) is 0 Å². The fourth-order valence-electron chi connectivity index (χ4n) is 2.78. The summed E-state index contributed by atoms with van der Waals surface area (Å²) in [6.45, 7) is 2.69. The lowest BCUT2D eigenvalue weighted by atomic mass is 9.75. The number of hydrogen-bond donors (Lipinski definition) is 2. The van der Waals surface area contributed by atoms with Gasteiger partial charge >= 0.3 is 6.09 Å². The molecule has 0 aliphatic carbocycles. The maximum atomic E-state index is 11.0. The lowest BCUT2D eigenvalue weighted by Gasteiger charge is -2.44. The van der Waals surface area contributed by atoms with Gasteiger partial charge in [-0.1, -0.05) is 30.7 Å². The number of halogens is 1. The first-order chi connectivity index (χ1) is 8.97. The molecule has 0 spiro atoms. The van der Waals surface area contributed by atoms with E-state index < -0.39 is 11.7 Å². The average Bonchev–Trinajstić information content (AvgIpc) is 2.39. The number of hydrogen-bond acceptors (Lipinski definition) is 2. The summed E-state index contributed by atoms with van der Waals surface area (Å²) in [5.74, 6) is -0.0986. The number of nitrogens with zero attached hydrogens (tertiary/aromatic N) is 1. The molecule has 1 aromatic carbocycles. The van der Waals surface area contributed by atoms with Crippen LogP contribution in [0.2, 0.25) is 5.02 Å². The molecule has 1 aliphatic heterocycles. The second-order valence-corrected chi connectivity index (χ2v) is 5.45. The molecule has 0 saturated carbocycles. The van der Waals surface area contributed by atoms with Gasteiger partial charge in [-0.25, -0.2) is 4.79 Å². The van der Waals surface area contributed by atoms with Crippen LogP contribution in [-0.2, 0) is 5.60 Å². The van der Waals surface area contributed by atoms with E-state index in [-0.39, 0.29) is 5.92 Å². The molecule has 1 aromatic rings. The van der Waals surface area contributed by atoms with Crippen LogP contribution in [-0.4, -0.2) is 34.3 Å². The quantitative estimate of drug-likeness (QED) is 0.877. The smallest absolute Gasteiger partial charge is 0.407 e. The van der Waals surface area contributed by atoms with Gasteiger partial charge in [0, 0.05) is 24.0 Å². The summed E-state index contributed by atoms with van der Waals surface area (Å²) in [6, 6.07) is 7.15. The maximum Gasteiger partial charge on any atom is 0.407 e. The van der Waals surface area contributed by atoms with Crippen molar-refractivity contribution in [3.63, 3.8) is 0 Å². The van der Waals surface area contributed by atoms with E-state index in [1.54, 1.807) is 12.1 Å². The van der Waals surface area contributed by atoms with Crippen molar-refractivity contribution in [1.29, 1.82) is 0 Å². The van der Waals surface area contributed by atoms with Crippen LogP contribution in [0.3, 0.4) is 0 Å². The maximum absolute atomic E-state index is 11.0. The zero-order chi connectivity index (χ0) is 14.0. The van der Waals surface area contributed by atoms with Crippen molar-refractivity contribution in [3.05, 3.63) is 34.9 Å². The molecule has 5 heteroatoms. The van der Waals surface area contributed by atoms with Crippen LogP contribution in [0.25, 0.3) is 0 Å². The highest BCUT2D eigenvalue weighted by Gasteiger charge is 2.42. The van der Waals surface area contributed by atoms with Crippen molar-refractivity contribution in [2.45, 2.75) is 25.4 Å². The van der Waals surface area contributed by atoms with E-state index in [2.05, 4.69) is 0 Å². The highest BCUT2D eigenvalue weighted by Crippen LogP contribution is 2.39. The van der Waals surface area contributed by atoms with Crippen molar-refractivity contribution in [2.24, 2.45) is 5.92 Å². The van der Waals surface area contributed by atoms with Crippen LogP contribution in [0.1, 0.15) is 25.3 Å². The Morgan fingerprint density at radius 1 is 1.47 bits per heavy atom. The van der Waals surface area contributed by atoms with E-state index in [1.165, 1.54) is 4.90 Å². The number of likely N-dealkylation sites (tertiary alicyclic amines) is 1. The molecule has 1 fully saturated rings. The number of carboxylic acid groups (broad SMARTS) is 1. The Labute approximate surface area is 117 Å². The normalized spacial score (nSPS) is 27.3. The molecule has 19 heavy (non-hydrogen) atoms. The van der Waals surface area contributed by atoms with Gasteiger partial charge in [0.25, 0.3) is 0 Å². The Balaban J connectivity index is 2.27. The van der Waals surface area contributed by atoms with Gasteiger partial charge in [0.05, 0.1) is 5.60 Å². The lowest BCUT2D eigenvalue weighted by Crippen LogP contribution is -2.51. The molecule has 2 atom stereocenters. The fourth-order valence-corrected chi connectivity index (χ4v) is 2.90. The van der Waals surface area contributed by atoms with Gasteiger partial charge in [0.2, 0.25) is 0 Å². The van der Waals surface area contributed by atoms with Gasteiger partial charge < -0.3 is 15.1 Å². The molecule has 104 valence electrons. The van der Waals surface area contributed by atoms with Crippen molar-refractivity contribution in [2.75, 3.05) is 13.1 Å². The zero-order valence-electron chi connectivity index (χ0n) is 10.8. The van der Waals surface area contributed by atoms with Crippen LogP contribution >= 0.6 is 11.6 Å². The molecular formula is C14H18ClNO3. The summed E-state index contributed by atoms with van der Waals surface area (Å²) >= 11 is 5.86. The monoisotopic (exact) mass is 283 g/mol. The molecule has 2 unspecified atom stereocenters. The number of rotatable bonds is 2. The third-order valence-corrected chi connectivity index (χ3v) is 4.24. The molecule has 1 aliphatic rings. The molecule has 2 N–H and O–H groups in total. The molecule has 1 amide bonds. The largest absolute Gasteiger partial charge is 0.465 e. The third kappa shape index (κ3) is 2.69. The van der Waals surface area contributed by atoms with Gasteiger partial charge in [-0.05, 0) is 30.5 Å². The molecule has 1 heterocycles. The lowest BCUT2D eigenvalue weighted by molar-refractivity contribution is -0.0736. The first-order valence-electron chi connectivity index (χ1n) is 6.43. The Bertz CT molecular complexity index is 462. The van der Waals surface area contributed by atoms with Crippen molar-refractivity contribution in [1.82, 2.24) is 4.90 Å². The van der Waals surface area contributed by atoms with Crippen molar-refractivity contribution < 1.29 is 15.0 Å². The SMILES string of the molecule is CCC1CN(C(=O)O)CCC1(O)c1ccc(Cl)cc1. The minimum absolute atomic E-state index is 0.0986. The Morgan fingerprint density at radius 3 is 2.63 bits per heavy atom. The number of amides is 1.